The van der Waals surface area contributed by atoms with E-state index in [9.17, 15) is 13.2 Å². The maximum atomic E-state index is 10.4. The first-order valence-electron chi connectivity index (χ1n) is 3.64. The third kappa shape index (κ3) is 9.38. The van der Waals surface area contributed by atoms with Crippen LogP contribution in [0.5, 0.6) is 0 Å². The summed E-state index contributed by atoms with van der Waals surface area (Å²) in [4.78, 5) is 10.0. The average Bonchev–Trinajstić information content (AvgIpc) is 1.83. The molecule has 0 amide bonds. The zero-order valence-electron chi connectivity index (χ0n) is 6.69. The standard InChI is InChI=1S/C6H13NO4S/c7-12(10,11)5-3-1-2-4-6(8)9/h1-5H2,(H,8,9)(H2,7,10,11). The molecule has 72 valence electrons. The van der Waals surface area contributed by atoms with Crippen LogP contribution in [0.15, 0.2) is 0 Å². The zero-order valence-corrected chi connectivity index (χ0v) is 7.51. The van der Waals surface area contributed by atoms with Gasteiger partial charge in [-0.2, -0.15) is 0 Å². The Labute approximate surface area is 71.6 Å². The summed E-state index contributed by atoms with van der Waals surface area (Å²) in [5.41, 5.74) is 0. The number of hydrogen-bond donors (Lipinski definition) is 2. The molecule has 0 spiro atoms. The summed E-state index contributed by atoms with van der Waals surface area (Å²) >= 11 is 0. The second-order valence-corrected chi connectivity index (χ2v) is 4.31. The van der Waals surface area contributed by atoms with Crippen LogP contribution < -0.4 is 5.14 Å². The molecule has 0 bridgehead atoms. The molecule has 0 aromatic heterocycles. The number of primary sulfonamides is 1. The van der Waals surface area contributed by atoms with Crippen LogP contribution in [-0.4, -0.2) is 25.2 Å². The van der Waals surface area contributed by atoms with Crippen molar-refractivity contribution in [2.45, 2.75) is 25.7 Å². The number of rotatable bonds is 6. The van der Waals surface area contributed by atoms with Gasteiger partial charge in [0, 0.05) is 6.42 Å². The SMILES string of the molecule is NS(=O)(=O)CCCCCC(=O)O. The van der Waals surface area contributed by atoms with Crippen molar-refractivity contribution in [2.24, 2.45) is 5.14 Å². The number of nitrogens with two attached hydrogens (primary N) is 1. The number of carboxylic acids is 1. The van der Waals surface area contributed by atoms with E-state index in [-0.39, 0.29) is 12.2 Å². The molecule has 0 saturated heterocycles. The second-order valence-electron chi connectivity index (χ2n) is 2.57. The van der Waals surface area contributed by atoms with Crippen molar-refractivity contribution in [1.82, 2.24) is 0 Å². The molecule has 0 rings (SSSR count). The van der Waals surface area contributed by atoms with Crippen molar-refractivity contribution >= 4 is 16.0 Å². The van der Waals surface area contributed by atoms with Gasteiger partial charge < -0.3 is 5.11 Å². The van der Waals surface area contributed by atoms with Crippen molar-refractivity contribution in [2.75, 3.05) is 5.75 Å². The number of carboxylic acid groups (broad SMARTS) is 1. The maximum absolute atomic E-state index is 10.4. The van der Waals surface area contributed by atoms with Crippen LogP contribution in [0.3, 0.4) is 0 Å². The van der Waals surface area contributed by atoms with Crippen molar-refractivity contribution in [3.05, 3.63) is 0 Å². The molecule has 6 heteroatoms. The lowest BCUT2D eigenvalue weighted by Crippen LogP contribution is -2.16. The molecule has 0 saturated carbocycles. The van der Waals surface area contributed by atoms with Crippen molar-refractivity contribution < 1.29 is 18.3 Å². The first-order valence-corrected chi connectivity index (χ1v) is 5.35. The van der Waals surface area contributed by atoms with Gasteiger partial charge in [0.25, 0.3) is 0 Å². The molecule has 3 N–H and O–H groups in total. The molecule has 0 fully saturated rings. The lowest BCUT2D eigenvalue weighted by atomic mass is 10.2. The minimum atomic E-state index is -3.37. The molecular weight excluding hydrogens is 182 g/mol. The Bertz CT molecular complexity index is 234. The van der Waals surface area contributed by atoms with E-state index in [1.165, 1.54) is 0 Å². The normalized spacial score (nSPS) is 11.4. The van der Waals surface area contributed by atoms with Gasteiger partial charge in [-0.15, -0.1) is 0 Å². The fourth-order valence-corrected chi connectivity index (χ4v) is 1.36. The predicted molar refractivity (Wildman–Crippen MR) is 44.1 cm³/mol. The second kappa shape index (κ2) is 5.10. The van der Waals surface area contributed by atoms with Crippen LogP contribution >= 0.6 is 0 Å². The molecule has 0 radical (unpaired) electrons. The van der Waals surface area contributed by atoms with Crippen LogP contribution in [0.1, 0.15) is 25.7 Å². The van der Waals surface area contributed by atoms with Crippen molar-refractivity contribution in [1.29, 1.82) is 0 Å². The van der Waals surface area contributed by atoms with Gasteiger partial charge in [-0.3, -0.25) is 4.79 Å². The van der Waals surface area contributed by atoms with E-state index < -0.39 is 16.0 Å². The molecule has 0 unspecified atom stereocenters. The van der Waals surface area contributed by atoms with Crippen LogP contribution in [0.25, 0.3) is 0 Å². The first-order chi connectivity index (χ1) is 5.42. The smallest absolute Gasteiger partial charge is 0.303 e. The van der Waals surface area contributed by atoms with Crippen LogP contribution in [-0.2, 0) is 14.8 Å². The van der Waals surface area contributed by atoms with E-state index in [1.807, 2.05) is 0 Å². The summed E-state index contributed by atoms with van der Waals surface area (Å²) in [6.07, 6.45) is 1.62. The fourth-order valence-electron chi connectivity index (χ4n) is 0.756. The van der Waals surface area contributed by atoms with Crippen molar-refractivity contribution in [3.63, 3.8) is 0 Å². The van der Waals surface area contributed by atoms with Gasteiger partial charge in [-0.1, -0.05) is 6.42 Å². The number of sulfonamides is 1. The number of aliphatic carboxylic acids is 1. The van der Waals surface area contributed by atoms with E-state index in [1.54, 1.807) is 0 Å². The van der Waals surface area contributed by atoms with E-state index in [4.69, 9.17) is 10.2 Å². The largest absolute Gasteiger partial charge is 0.481 e. The number of hydrogen-bond acceptors (Lipinski definition) is 3. The maximum Gasteiger partial charge on any atom is 0.303 e. The van der Waals surface area contributed by atoms with Crippen molar-refractivity contribution in [3.8, 4) is 0 Å². The average molecular weight is 195 g/mol. The van der Waals surface area contributed by atoms with Gasteiger partial charge in [-0.25, -0.2) is 13.6 Å². The molecule has 0 aromatic carbocycles. The van der Waals surface area contributed by atoms with E-state index in [0.717, 1.165) is 0 Å². The minimum absolute atomic E-state index is 0.0629. The third-order valence-electron chi connectivity index (χ3n) is 1.32. The molecule has 0 aliphatic rings. The topological polar surface area (TPSA) is 97.5 Å². The Morgan fingerprint density at radius 2 is 1.83 bits per heavy atom. The van der Waals surface area contributed by atoms with Gasteiger partial charge >= 0.3 is 5.97 Å². The summed E-state index contributed by atoms with van der Waals surface area (Å²) < 4.78 is 20.8. The van der Waals surface area contributed by atoms with Crippen LogP contribution in [0, 0.1) is 0 Å². The predicted octanol–water partition coefficient (Wildman–Crippen LogP) is -0.0801. The Morgan fingerprint density at radius 1 is 1.25 bits per heavy atom. The summed E-state index contributed by atoms with van der Waals surface area (Å²) in [7, 11) is -3.37. The molecule has 0 heterocycles. The molecule has 0 aliphatic carbocycles. The summed E-state index contributed by atoms with van der Waals surface area (Å²) in [5, 5.41) is 13.0. The number of unbranched alkanes of at least 4 members (excludes halogenated alkanes) is 2. The molecule has 0 atom stereocenters. The Balaban J connectivity index is 3.29. The van der Waals surface area contributed by atoms with E-state index >= 15 is 0 Å². The molecule has 5 nitrogen and oxygen atoms in total. The molecule has 0 aromatic rings. The Kier molecular flexibility index (Phi) is 4.84. The van der Waals surface area contributed by atoms with E-state index in [0.29, 0.717) is 19.3 Å². The van der Waals surface area contributed by atoms with E-state index in [2.05, 4.69) is 0 Å². The van der Waals surface area contributed by atoms with Gasteiger partial charge in [0.15, 0.2) is 0 Å². The van der Waals surface area contributed by atoms with Gasteiger partial charge in [0.2, 0.25) is 10.0 Å². The van der Waals surface area contributed by atoms with Crippen LogP contribution in [0.2, 0.25) is 0 Å². The highest BCUT2D eigenvalue weighted by atomic mass is 32.2. The number of carbonyl (C=O) groups is 1. The minimum Gasteiger partial charge on any atom is -0.481 e. The third-order valence-corrected chi connectivity index (χ3v) is 2.18. The first kappa shape index (κ1) is 11.4. The Morgan fingerprint density at radius 3 is 2.25 bits per heavy atom. The lowest BCUT2D eigenvalue weighted by molar-refractivity contribution is -0.137. The van der Waals surface area contributed by atoms with Gasteiger partial charge in [-0.05, 0) is 12.8 Å². The fraction of sp³-hybridized carbons (Fsp3) is 0.833. The lowest BCUT2D eigenvalue weighted by Gasteiger charge is -1.96. The zero-order chi connectivity index (χ0) is 9.61. The summed E-state index contributed by atoms with van der Waals surface area (Å²) in [6, 6.07) is 0. The Hall–Kier alpha value is -0.620. The molecule has 0 aliphatic heterocycles. The highest BCUT2D eigenvalue weighted by Crippen LogP contribution is 2.00. The van der Waals surface area contributed by atoms with Crippen LogP contribution in [0.4, 0.5) is 0 Å². The quantitative estimate of drug-likeness (QED) is 0.579. The molecule has 12 heavy (non-hydrogen) atoms. The summed E-state index contributed by atoms with van der Waals surface area (Å²) in [5.74, 6) is -0.919. The monoisotopic (exact) mass is 195 g/mol. The van der Waals surface area contributed by atoms with Gasteiger partial charge in [0.05, 0.1) is 5.75 Å². The highest BCUT2D eigenvalue weighted by Gasteiger charge is 2.02. The molecular formula is C6H13NO4S. The summed E-state index contributed by atoms with van der Waals surface area (Å²) in [6.45, 7) is 0. The highest BCUT2D eigenvalue weighted by molar-refractivity contribution is 7.89. The van der Waals surface area contributed by atoms with Gasteiger partial charge in [0.1, 0.15) is 0 Å².